The van der Waals surface area contributed by atoms with Crippen molar-refractivity contribution in [2.24, 2.45) is 10.9 Å². The molecule has 7 heteroatoms. The highest BCUT2D eigenvalue weighted by Crippen LogP contribution is 2.28. The first kappa shape index (κ1) is 21.2. The van der Waals surface area contributed by atoms with E-state index in [1.165, 1.54) is 25.0 Å². The van der Waals surface area contributed by atoms with E-state index in [1.54, 1.807) is 0 Å². The van der Waals surface area contributed by atoms with E-state index >= 15 is 0 Å². The zero-order valence-electron chi connectivity index (χ0n) is 15.6. The van der Waals surface area contributed by atoms with Crippen LogP contribution in [0, 0.1) is 11.7 Å². The van der Waals surface area contributed by atoms with Gasteiger partial charge in [-0.05, 0) is 49.9 Å². The van der Waals surface area contributed by atoms with Gasteiger partial charge in [-0.2, -0.15) is 0 Å². The van der Waals surface area contributed by atoms with Crippen molar-refractivity contribution in [3.05, 3.63) is 30.1 Å². The molecule has 1 saturated carbocycles. The molecule has 146 valence electrons. The van der Waals surface area contributed by atoms with Gasteiger partial charge in [-0.15, -0.1) is 24.0 Å². The van der Waals surface area contributed by atoms with Crippen LogP contribution in [0.4, 0.5) is 10.1 Å². The minimum Gasteiger partial charge on any atom is -0.369 e. The third-order valence-corrected chi connectivity index (χ3v) is 4.83. The maximum Gasteiger partial charge on any atom is 0.191 e. The van der Waals surface area contributed by atoms with Crippen LogP contribution in [0.15, 0.2) is 29.3 Å². The Kier molecular flexibility index (Phi) is 8.90. The van der Waals surface area contributed by atoms with E-state index in [0.717, 1.165) is 69.9 Å². The van der Waals surface area contributed by atoms with E-state index in [-0.39, 0.29) is 29.8 Å². The lowest BCUT2D eigenvalue weighted by molar-refractivity contribution is 0.261. The number of guanidine groups is 1. The average molecular weight is 475 g/mol. The minimum atomic E-state index is -0.173. The van der Waals surface area contributed by atoms with Crippen molar-refractivity contribution in [3.8, 4) is 0 Å². The molecule has 0 bridgehead atoms. The monoisotopic (exact) mass is 475 g/mol. The summed E-state index contributed by atoms with van der Waals surface area (Å²) in [7, 11) is 0. The molecule has 1 heterocycles. The summed E-state index contributed by atoms with van der Waals surface area (Å²) >= 11 is 0. The number of nitrogens with one attached hydrogen (secondary N) is 2. The van der Waals surface area contributed by atoms with Crippen molar-refractivity contribution >= 4 is 35.6 Å². The molecule has 0 atom stereocenters. The predicted octanol–water partition coefficient (Wildman–Crippen LogP) is 2.53. The Morgan fingerprint density at radius 1 is 1.12 bits per heavy atom. The highest BCUT2D eigenvalue weighted by Gasteiger charge is 2.21. The van der Waals surface area contributed by atoms with Gasteiger partial charge >= 0.3 is 0 Å². The molecule has 2 fully saturated rings. The summed E-state index contributed by atoms with van der Waals surface area (Å²) in [4.78, 5) is 9.45. The summed E-state index contributed by atoms with van der Waals surface area (Å²) in [5, 5.41) is 6.76. The Labute approximate surface area is 173 Å². The Hall–Kier alpha value is -1.09. The SMILES string of the molecule is CCNC(=NCC1CC1)NCCN1CCN(c2ccc(F)cc2)CC1.I. The van der Waals surface area contributed by atoms with E-state index in [1.807, 2.05) is 12.1 Å². The lowest BCUT2D eigenvalue weighted by atomic mass is 10.2. The van der Waals surface area contributed by atoms with Crippen LogP contribution in [0.2, 0.25) is 0 Å². The van der Waals surface area contributed by atoms with Crippen LogP contribution in [0.3, 0.4) is 0 Å². The zero-order chi connectivity index (χ0) is 17.5. The highest BCUT2D eigenvalue weighted by atomic mass is 127. The number of halogens is 2. The third-order valence-electron chi connectivity index (χ3n) is 4.83. The van der Waals surface area contributed by atoms with E-state index < -0.39 is 0 Å². The van der Waals surface area contributed by atoms with Crippen molar-refractivity contribution in [2.75, 3.05) is 57.3 Å². The maximum atomic E-state index is 13.0. The van der Waals surface area contributed by atoms with Crippen molar-refractivity contribution in [2.45, 2.75) is 19.8 Å². The molecule has 1 saturated heterocycles. The normalized spacial score (nSPS) is 18.4. The van der Waals surface area contributed by atoms with E-state index in [9.17, 15) is 4.39 Å². The lowest BCUT2D eigenvalue weighted by Gasteiger charge is -2.36. The number of nitrogens with zero attached hydrogens (tertiary/aromatic N) is 3. The molecule has 1 aliphatic carbocycles. The van der Waals surface area contributed by atoms with Crippen LogP contribution < -0.4 is 15.5 Å². The second-order valence-corrected chi connectivity index (χ2v) is 6.89. The number of aliphatic imine (C=N–C) groups is 1. The molecule has 2 aliphatic rings. The predicted molar refractivity (Wildman–Crippen MR) is 117 cm³/mol. The first-order valence-corrected chi connectivity index (χ1v) is 9.49. The molecular formula is C19H31FIN5. The van der Waals surface area contributed by atoms with Crippen LogP contribution >= 0.6 is 24.0 Å². The van der Waals surface area contributed by atoms with Gasteiger partial charge in [0, 0.05) is 58.0 Å². The Morgan fingerprint density at radius 2 is 1.81 bits per heavy atom. The molecule has 2 N–H and O–H groups in total. The largest absolute Gasteiger partial charge is 0.369 e. The summed E-state index contributed by atoms with van der Waals surface area (Å²) in [5.74, 6) is 1.59. The highest BCUT2D eigenvalue weighted by molar-refractivity contribution is 14.0. The second kappa shape index (κ2) is 10.9. The first-order chi connectivity index (χ1) is 12.2. The summed E-state index contributed by atoms with van der Waals surface area (Å²) in [5.41, 5.74) is 1.11. The van der Waals surface area contributed by atoms with E-state index in [4.69, 9.17) is 0 Å². The molecule has 0 spiro atoms. The number of hydrogen-bond donors (Lipinski definition) is 2. The third kappa shape index (κ3) is 6.90. The van der Waals surface area contributed by atoms with Crippen LogP contribution in [0.5, 0.6) is 0 Å². The van der Waals surface area contributed by atoms with Gasteiger partial charge < -0.3 is 15.5 Å². The molecule has 26 heavy (non-hydrogen) atoms. The molecule has 1 aromatic carbocycles. The molecule has 0 amide bonds. The van der Waals surface area contributed by atoms with Gasteiger partial charge in [0.25, 0.3) is 0 Å². The Balaban J connectivity index is 0.00000243. The summed E-state index contributed by atoms with van der Waals surface area (Å²) in [6, 6.07) is 6.81. The molecule has 0 aromatic heterocycles. The number of anilines is 1. The van der Waals surface area contributed by atoms with Crippen LogP contribution in [-0.4, -0.2) is 63.2 Å². The number of benzene rings is 1. The molecule has 5 nitrogen and oxygen atoms in total. The summed E-state index contributed by atoms with van der Waals surface area (Å²) < 4.78 is 13.0. The van der Waals surface area contributed by atoms with Crippen LogP contribution in [-0.2, 0) is 0 Å². The summed E-state index contributed by atoms with van der Waals surface area (Å²) in [6.45, 7) is 9.92. The molecule has 1 aliphatic heterocycles. The molecule has 0 unspecified atom stereocenters. The quantitative estimate of drug-likeness (QED) is 0.362. The number of rotatable bonds is 7. The molecule has 1 aromatic rings. The van der Waals surface area contributed by atoms with Gasteiger partial charge in [-0.25, -0.2) is 4.39 Å². The van der Waals surface area contributed by atoms with Gasteiger partial charge in [0.2, 0.25) is 0 Å². The van der Waals surface area contributed by atoms with Crippen molar-refractivity contribution in [1.82, 2.24) is 15.5 Å². The standard InChI is InChI=1S/C19H30FN5.HI/c1-2-21-19(23-15-16-3-4-16)22-9-10-24-11-13-25(14-12-24)18-7-5-17(20)6-8-18;/h5-8,16H,2-4,9-15H2,1H3,(H2,21,22,23);1H. The minimum absolute atomic E-state index is 0. The fourth-order valence-electron chi connectivity index (χ4n) is 3.08. The van der Waals surface area contributed by atoms with E-state index in [2.05, 4.69) is 32.3 Å². The van der Waals surface area contributed by atoms with E-state index in [0.29, 0.717) is 0 Å². The van der Waals surface area contributed by atoms with Crippen molar-refractivity contribution < 1.29 is 4.39 Å². The number of piperazine rings is 1. The first-order valence-electron chi connectivity index (χ1n) is 9.49. The van der Waals surface area contributed by atoms with Gasteiger partial charge in [0.1, 0.15) is 5.82 Å². The van der Waals surface area contributed by atoms with Gasteiger partial charge in [0.15, 0.2) is 5.96 Å². The maximum absolute atomic E-state index is 13.0. The average Bonchev–Trinajstić information content (AvgIpc) is 3.45. The Bertz CT molecular complexity index is 554. The van der Waals surface area contributed by atoms with Gasteiger partial charge in [-0.3, -0.25) is 9.89 Å². The lowest BCUT2D eigenvalue weighted by Crippen LogP contribution is -2.49. The van der Waals surface area contributed by atoms with Gasteiger partial charge in [-0.1, -0.05) is 0 Å². The summed E-state index contributed by atoms with van der Waals surface area (Å²) in [6.07, 6.45) is 2.67. The zero-order valence-corrected chi connectivity index (χ0v) is 17.9. The van der Waals surface area contributed by atoms with Crippen LogP contribution in [0.1, 0.15) is 19.8 Å². The fraction of sp³-hybridized carbons (Fsp3) is 0.632. The smallest absolute Gasteiger partial charge is 0.191 e. The fourth-order valence-corrected chi connectivity index (χ4v) is 3.08. The topological polar surface area (TPSA) is 42.9 Å². The van der Waals surface area contributed by atoms with Crippen molar-refractivity contribution in [1.29, 1.82) is 0 Å². The second-order valence-electron chi connectivity index (χ2n) is 6.89. The number of hydrogen-bond acceptors (Lipinski definition) is 3. The van der Waals surface area contributed by atoms with Crippen molar-refractivity contribution in [3.63, 3.8) is 0 Å². The van der Waals surface area contributed by atoms with Crippen LogP contribution in [0.25, 0.3) is 0 Å². The molecule has 3 rings (SSSR count). The van der Waals surface area contributed by atoms with Gasteiger partial charge in [0.05, 0.1) is 0 Å². The molecular weight excluding hydrogens is 444 g/mol. The molecule has 0 radical (unpaired) electrons. The Morgan fingerprint density at radius 3 is 2.42 bits per heavy atom.